The number of hydrogen-bond acceptors (Lipinski definition) is 5. The van der Waals surface area contributed by atoms with Gasteiger partial charge in [-0.05, 0) is 69.9 Å². The third-order valence-electron chi connectivity index (χ3n) is 7.67. The van der Waals surface area contributed by atoms with Gasteiger partial charge in [-0.3, -0.25) is 9.78 Å². The van der Waals surface area contributed by atoms with E-state index in [1.165, 1.54) is 32.1 Å². The van der Waals surface area contributed by atoms with Gasteiger partial charge in [-0.25, -0.2) is 9.37 Å². The molecule has 3 fully saturated rings. The predicted molar refractivity (Wildman–Crippen MR) is 123 cm³/mol. The highest BCUT2D eigenvalue weighted by molar-refractivity contribution is 5.34. The smallest absolute Gasteiger partial charge is 0.256 e. The first kappa shape index (κ1) is 22.7. The summed E-state index contributed by atoms with van der Waals surface area (Å²) in [5, 5.41) is 6.73. The van der Waals surface area contributed by atoms with E-state index in [0.717, 1.165) is 62.4 Å². The van der Waals surface area contributed by atoms with Gasteiger partial charge in [0.25, 0.3) is 5.56 Å². The molecule has 0 bridgehead atoms. The van der Waals surface area contributed by atoms with Crippen molar-refractivity contribution in [1.29, 1.82) is 0 Å². The van der Waals surface area contributed by atoms with Crippen LogP contribution in [0.4, 0.5) is 10.3 Å². The summed E-state index contributed by atoms with van der Waals surface area (Å²) >= 11 is 0. The Labute approximate surface area is 185 Å². The first-order valence-corrected chi connectivity index (χ1v) is 12.6. The SMILES string of the molecule is NC(CNc1nc(C2CCNCC2)c(C2CCC(F)CC2)c(=O)[nH]1)CC1CCCCC1. The van der Waals surface area contributed by atoms with Crippen LogP contribution in [0.3, 0.4) is 0 Å². The Morgan fingerprint density at radius 2 is 1.71 bits per heavy atom. The molecule has 174 valence electrons. The van der Waals surface area contributed by atoms with Crippen molar-refractivity contribution in [3.63, 3.8) is 0 Å². The number of alkyl halides is 1. The molecule has 6 nitrogen and oxygen atoms in total. The maximum Gasteiger partial charge on any atom is 0.256 e. The van der Waals surface area contributed by atoms with Gasteiger partial charge in [0.2, 0.25) is 5.95 Å². The number of hydrogen-bond donors (Lipinski definition) is 4. The second kappa shape index (κ2) is 10.9. The molecule has 1 aromatic rings. The number of rotatable bonds is 7. The van der Waals surface area contributed by atoms with Gasteiger partial charge >= 0.3 is 0 Å². The number of anilines is 1. The van der Waals surface area contributed by atoms with Crippen LogP contribution in [-0.2, 0) is 0 Å². The Morgan fingerprint density at radius 1 is 1.00 bits per heavy atom. The molecule has 1 atom stereocenters. The van der Waals surface area contributed by atoms with Gasteiger partial charge in [-0.1, -0.05) is 32.1 Å². The highest BCUT2D eigenvalue weighted by Crippen LogP contribution is 2.37. The number of nitrogens with zero attached hydrogens (tertiary/aromatic N) is 1. The lowest BCUT2D eigenvalue weighted by atomic mass is 9.80. The normalized spacial score (nSPS) is 27.2. The Bertz CT molecular complexity index is 749. The summed E-state index contributed by atoms with van der Waals surface area (Å²) in [6, 6.07) is 0.0650. The molecular weight excluding hydrogens is 393 g/mol. The molecule has 31 heavy (non-hydrogen) atoms. The first-order valence-electron chi connectivity index (χ1n) is 12.6. The van der Waals surface area contributed by atoms with Gasteiger partial charge in [0.05, 0.1) is 5.69 Å². The molecular formula is C24H40FN5O. The Morgan fingerprint density at radius 3 is 2.42 bits per heavy atom. The number of halogens is 1. The quantitative estimate of drug-likeness (QED) is 0.522. The first-order chi connectivity index (χ1) is 15.1. The largest absolute Gasteiger partial charge is 0.354 e. The highest BCUT2D eigenvalue weighted by atomic mass is 19.1. The second-order valence-corrected chi connectivity index (χ2v) is 10.1. The standard InChI is InChI=1S/C24H40FN5O/c25-19-8-6-17(7-9-19)21-22(18-10-12-27-13-11-18)29-24(30-23(21)31)28-15-20(26)14-16-4-2-1-3-5-16/h16-20,27H,1-15,26H2,(H2,28,29,30,31). The Hall–Kier alpha value is -1.47. The number of piperidine rings is 1. The monoisotopic (exact) mass is 433 g/mol. The third-order valence-corrected chi connectivity index (χ3v) is 7.67. The van der Waals surface area contributed by atoms with Crippen LogP contribution >= 0.6 is 0 Å². The molecule has 1 aromatic heterocycles. The van der Waals surface area contributed by atoms with Crippen molar-refractivity contribution >= 4 is 5.95 Å². The van der Waals surface area contributed by atoms with Crippen molar-refractivity contribution in [3.05, 3.63) is 21.6 Å². The fourth-order valence-corrected chi connectivity index (χ4v) is 5.89. The highest BCUT2D eigenvalue weighted by Gasteiger charge is 2.30. The fraction of sp³-hybridized carbons (Fsp3) is 0.833. The van der Waals surface area contributed by atoms with Crippen LogP contribution < -0.4 is 21.9 Å². The van der Waals surface area contributed by atoms with Crippen LogP contribution in [0.15, 0.2) is 4.79 Å². The average molecular weight is 434 g/mol. The summed E-state index contributed by atoms with van der Waals surface area (Å²) in [6.07, 6.45) is 11.4. The minimum absolute atomic E-state index is 0.0470. The number of aromatic nitrogens is 2. The molecule has 2 saturated carbocycles. The zero-order valence-electron chi connectivity index (χ0n) is 18.8. The van der Waals surface area contributed by atoms with Gasteiger partial charge < -0.3 is 16.4 Å². The summed E-state index contributed by atoms with van der Waals surface area (Å²) in [6.45, 7) is 2.52. The van der Waals surface area contributed by atoms with Crippen molar-refractivity contribution in [1.82, 2.24) is 15.3 Å². The summed E-state index contributed by atoms with van der Waals surface area (Å²) in [5.41, 5.74) is 8.11. The van der Waals surface area contributed by atoms with Crippen molar-refractivity contribution in [2.45, 2.75) is 101 Å². The van der Waals surface area contributed by atoms with Gasteiger partial charge in [0, 0.05) is 24.1 Å². The number of nitrogens with two attached hydrogens (primary N) is 1. The van der Waals surface area contributed by atoms with E-state index < -0.39 is 6.17 Å². The van der Waals surface area contributed by atoms with E-state index in [-0.39, 0.29) is 23.4 Å². The van der Waals surface area contributed by atoms with Gasteiger partial charge in [-0.2, -0.15) is 0 Å². The molecule has 2 aliphatic carbocycles. The Balaban J connectivity index is 1.47. The lowest BCUT2D eigenvalue weighted by molar-refractivity contribution is 0.234. The topological polar surface area (TPSA) is 95.8 Å². The van der Waals surface area contributed by atoms with Gasteiger partial charge in [0.15, 0.2) is 0 Å². The Kier molecular flexibility index (Phi) is 7.99. The van der Waals surface area contributed by atoms with Crippen molar-refractivity contribution in [2.75, 3.05) is 25.0 Å². The second-order valence-electron chi connectivity index (χ2n) is 10.1. The van der Waals surface area contributed by atoms with E-state index in [1.807, 2.05) is 0 Å². The molecule has 0 aromatic carbocycles. The molecule has 1 saturated heterocycles. The van der Waals surface area contributed by atoms with E-state index in [0.29, 0.717) is 25.3 Å². The molecule has 0 amide bonds. The minimum Gasteiger partial charge on any atom is -0.354 e. The lowest BCUT2D eigenvalue weighted by Gasteiger charge is -2.29. The third kappa shape index (κ3) is 6.07. The van der Waals surface area contributed by atoms with Crippen molar-refractivity contribution < 1.29 is 4.39 Å². The molecule has 1 aliphatic heterocycles. The van der Waals surface area contributed by atoms with Crippen LogP contribution in [-0.4, -0.2) is 41.8 Å². The molecule has 3 aliphatic rings. The van der Waals surface area contributed by atoms with E-state index in [4.69, 9.17) is 10.7 Å². The summed E-state index contributed by atoms with van der Waals surface area (Å²) in [7, 11) is 0. The maximum absolute atomic E-state index is 13.7. The van der Waals surface area contributed by atoms with E-state index in [9.17, 15) is 9.18 Å². The molecule has 0 spiro atoms. The van der Waals surface area contributed by atoms with Gasteiger partial charge in [0.1, 0.15) is 6.17 Å². The van der Waals surface area contributed by atoms with E-state index in [1.54, 1.807) is 0 Å². The molecule has 2 heterocycles. The summed E-state index contributed by atoms with van der Waals surface area (Å²) < 4.78 is 13.7. The maximum atomic E-state index is 13.7. The van der Waals surface area contributed by atoms with E-state index >= 15 is 0 Å². The zero-order chi connectivity index (χ0) is 21.6. The van der Waals surface area contributed by atoms with Crippen LogP contribution in [0.5, 0.6) is 0 Å². The molecule has 0 radical (unpaired) electrons. The molecule has 1 unspecified atom stereocenters. The fourth-order valence-electron chi connectivity index (χ4n) is 5.89. The molecule has 5 N–H and O–H groups in total. The van der Waals surface area contributed by atoms with E-state index in [2.05, 4.69) is 15.6 Å². The van der Waals surface area contributed by atoms with Crippen molar-refractivity contribution in [2.24, 2.45) is 11.7 Å². The number of H-pyrrole nitrogens is 1. The molecule has 7 heteroatoms. The number of aromatic amines is 1. The summed E-state index contributed by atoms with van der Waals surface area (Å²) in [4.78, 5) is 21.1. The predicted octanol–water partition coefficient (Wildman–Crippen LogP) is 3.94. The average Bonchev–Trinajstić information content (AvgIpc) is 2.79. The minimum atomic E-state index is -0.725. The number of nitrogens with one attached hydrogen (secondary N) is 3. The lowest BCUT2D eigenvalue weighted by Crippen LogP contribution is -2.34. The van der Waals surface area contributed by atoms with Crippen molar-refractivity contribution in [3.8, 4) is 0 Å². The molecule has 4 rings (SSSR count). The van der Waals surface area contributed by atoms with Crippen LogP contribution in [0.1, 0.15) is 100 Å². The van der Waals surface area contributed by atoms with Gasteiger partial charge in [-0.15, -0.1) is 0 Å². The van der Waals surface area contributed by atoms with Crippen LogP contribution in [0.25, 0.3) is 0 Å². The summed E-state index contributed by atoms with van der Waals surface area (Å²) in [5.74, 6) is 1.69. The zero-order valence-corrected chi connectivity index (χ0v) is 18.8. The van der Waals surface area contributed by atoms with Crippen LogP contribution in [0.2, 0.25) is 0 Å². The van der Waals surface area contributed by atoms with Crippen LogP contribution in [0, 0.1) is 5.92 Å².